The molecule has 1 heterocycles. The fraction of sp³-hybridized carbons (Fsp3) is 0.344. The summed E-state index contributed by atoms with van der Waals surface area (Å²) >= 11 is 3.47. The molecule has 4 aromatic rings. The average molecular weight is 574 g/mol. The van der Waals surface area contributed by atoms with Gasteiger partial charge in [-0.1, -0.05) is 58.4 Å². The summed E-state index contributed by atoms with van der Waals surface area (Å²) in [5.41, 5.74) is 4.70. The molecule has 0 bridgehead atoms. The number of fused-ring (bicyclic) bond motifs is 1. The lowest BCUT2D eigenvalue weighted by Crippen LogP contribution is -2.31. The Morgan fingerprint density at radius 3 is 2.34 bits per heavy atom. The second kappa shape index (κ2) is 12.6. The van der Waals surface area contributed by atoms with Crippen LogP contribution in [-0.4, -0.2) is 31.7 Å². The Bertz CT molecular complexity index is 1320. The van der Waals surface area contributed by atoms with Crippen LogP contribution in [0.15, 0.2) is 83.3 Å². The maximum atomic E-state index is 5.93. The van der Waals surface area contributed by atoms with Crippen molar-refractivity contribution in [3.63, 3.8) is 0 Å². The van der Waals surface area contributed by atoms with Gasteiger partial charge in [-0.2, -0.15) is 0 Å². The number of nitrogens with zero attached hydrogens (tertiary/aromatic N) is 2. The highest BCUT2D eigenvalue weighted by molar-refractivity contribution is 9.10. The molecule has 0 saturated heterocycles. The number of nitrogens with one attached hydrogen (secondary N) is 2. The minimum atomic E-state index is 0.486. The number of anilines is 2. The van der Waals surface area contributed by atoms with E-state index in [1.165, 1.54) is 42.3 Å². The van der Waals surface area contributed by atoms with Crippen LogP contribution in [0.5, 0.6) is 5.75 Å². The molecule has 3 aromatic carbocycles. The van der Waals surface area contributed by atoms with Crippen molar-refractivity contribution in [1.29, 1.82) is 0 Å². The van der Waals surface area contributed by atoms with Crippen LogP contribution in [0.4, 0.5) is 11.5 Å². The average Bonchev–Trinajstić information content (AvgIpc) is 2.94. The Morgan fingerprint density at radius 2 is 1.61 bits per heavy atom. The van der Waals surface area contributed by atoms with Crippen molar-refractivity contribution in [1.82, 2.24) is 10.3 Å². The molecule has 1 fully saturated rings. The van der Waals surface area contributed by atoms with E-state index in [2.05, 4.69) is 112 Å². The van der Waals surface area contributed by atoms with Gasteiger partial charge in [-0.15, -0.1) is 0 Å². The monoisotopic (exact) mass is 572 g/mol. The molecule has 0 amide bonds. The summed E-state index contributed by atoms with van der Waals surface area (Å²) in [5, 5.41) is 8.60. The fourth-order valence-corrected chi connectivity index (χ4v) is 5.46. The quantitative estimate of drug-likeness (QED) is 0.207. The molecule has 1 aliphatic rings. The van der Waals surface area contributed by atoms with Crippen LogP contribution in [0.1, 0.15) is 36.8 Å². The molecule has 38 heavy (non-hydrogen) atoms. The van der Waals surface area contributed by atoms with E-state index in [0.717, 1.165) is 46.1 Å². The molecule has 5 nitrogen and oxygen atoms in total. The van der Waals surface area contributed by atoms with Crippen LogP contribution in [0.3, 0.4) is 0 Å². The van der Waals surface area contributed by atoms with Gasteiger partial charge in [0, 0.05) is 48.3 Å². The van der Waals surface area contributed by atoms with Crippen molar-refractivity contribution >= 4 is 38.3 Å². The maximum Gasteiger partial charge on any atom is 0.128 e. The first-order chi connectivity index (χ1) is 18.5. The molecule has 2 N–H and O–H groups in total. The lowest BCUT2D eigenvalue weighted by atomic mass is 9.86. The van der Waals surface area contributed by atoms with Gasteiger partial charge in [-0.3, -0.25) is 0 Å². The SMILES string of the molecule is CN(C)c1cc(N[C@H]2CC[C@@H](CNCc3ccc(OCc4ccc(Br)cc4)cc3)CC2)nc2ccccc12. The Kier molecular flexibility index (Phi) is 8.82. The molecule has 1 aromatic heterocycles. The number of pyridine rings is 1. The van der Waals surface area contributed by atoms with Crippen LogP contribution in [-0.2, 0) is 13.2 Å². The molecule has 6 heteroatoms. The van der Waals surface area contributed by atoms with Crippen LogP contribution < -0.4 is 20.3 Å². The van der Waals surface area contributed by atoms with E-state index in [4.69, 9.17) is 9.72 Å². The van der Waals surface area contributed by atoms with E-state index in [1.54, 1.807) is 0 Å². The molecule has 0 aliphatic heterocycles. The van der Waals surface area contributed by atoms with Gasteiger partial charge in [0.05, 0.1) is 5.52 Å². The molecule has 0 atom stereocenters. The lowest BCUT2D eigenvalue weighted by Gasteiger charge is -2.30. The molecular weight excluding hydrogens is 536 g/mol. The molecule has 1 saturated carbocycles. The van der Waals surface area contributed by atoms with Crippen molar-refractivity contribution in [2.75, 3.05) is 30.9 Å². The standard InChI is InChI=1S/C32H37BrN4O/c1-37(2)31-19-32(36-30-6-4-3-5-29(30)31)35-27-15-9-23(10-16-27)20-34-21-24-11-17-28(18-12-24)38-22-25-7-13-26(33)14-8-25/h3-8,11-14,17-19,23,27,34H,9-10,15-16,20-22H2,1-2H3,(H,35,36)/t23-,27+. The van der Waals surface area contributed by atoms with Gasteiger partial charge in [-0.05, 0) is 79.6 Å². The molecule has 198 valence electrons. The van der Waals surface area contributed by atoms with Crippen LogP contribution in [0.2, 0.25) is 0 Å². The van der Waals surface area contributed by atoms with Gasteiger partial charge in [0.25, 0.3) is 0 Å². The topological polar surface area (TPSA) is 49.4 Å². The number of hydrogen-bond acceptors (Lipinski definition) is 5. The smallest absolute Gasteiger partial charge is 0.128 e. The molecule has 0 spiro atoms. The predicted molar refractivity (Wildman–Crippen MR) is 162 cm³/mol. The lowest BCUT2D eigenvalue weighted by molar-refractivity contribution is 0.306. The molecule has 1 aliphatic carbocycles. The van der Waals surface area contributed by atoms with Gasteiger partial charge in [0.2, 0.25) is 0 Å². The van der Waals surface area contributed by atoms with E-state index in [1.807, 2.05) is 12.1 Å². The molecule has 5 rings (SSSR count). The van der Waals surface area contributed by atoms with E-state index >= 15 is 0 Å². The van der Waals surface area contributed by atoms with E-state index < -0.39 is 0 Å². The zero-order chi connectivity index (χ0) is 26.3. The third-order valence-corrected chi connectivity index (χ3v) is 7.91. The maximum absolute atomic E-state index is 5.93. The number of benzene rings is 3. The molecule has 0 radical (unpaired) electrons. The van der Waals surface area contributed by atoms with Gasteiger partial charge in [-0.25, -0.2) is 4.98 Å². The number of aromatic nitrogens is 1. The molecular formula is C32H37BrN4O. The second-order valence-corrected chi connectivity index (χ2v) is 11.4. The number of hydrogen-bond donors (Lipinski definition) is 2. The highest BCUT2D eigenvalue weighted by Crippen LogP contribution is 2.30. The predicted octanol–water partition coefficient (Wildman–Crippen LogP) is 7.40. The number of ether oxygens (including phenoxy) is 1. The van der Waals surface area contributed by atoms with Crippen LogP contribution in [0, 0.1) is 5.92 Å². The Hall–Kier alpha value is -3.09. The third kappa shape index (κ3) is 7.06. The summed E-state index contributed by atoms with van der Waals surface area (Å²) in [5.74, 6) is 2.61. The van der Waals surface area contributed by atoms with Gasteiger partial charge in [0.15, 0.2) is 0 Å². The van der Waals surface area contributed by atoms with Gasteiger partial charge in [0.1, 0.15) is 18.2 Å². The minimum absolute atomic E-state index is 0.486. The normalized spacial score (nSPS) is 17.3. The summed E-state index contributed by atoms with van der Waals surface area (Å²) < 4.78 is 7.01. The van der Waals surface area contributed by atoms with Crippen molar-refractivity contribution < 1.29 is 4.74 Å². The van der Waals surface area contributed by atoms with Crippen molar-refractivity contribution in [2.45, 2.75) is 44.9 Å². The summed E-state index contributed by atoms with van der Waals surface area (Å²) in [6.45, 7) is 2.53. The summed E-state index contributed by atoms with van der Waals surface area (Å²) in [4.78, 5) is 7.06. The van der Waals surface area contributed by atoms with Gasteiger partial charge < -0.3 is 20.3 Å². The fourth-order valence-electron chi connectivity index (χ4n) is 5.19. The van der Waals surface area contributed by atoms with E-state index in [9.17, 15) is 0 Å². The van der Waals surface area contributed by atoms with Crippen molar-refractivity contribution in [2.24, 2.45) is 5.92 Å². The second-order valence-electron chi connectivity index (χ2n) is 10.5. The first-order valence-corrected chi connectivity index (χ1v) is 14.3. The first-order valence-electron chi connectivity index (χ1n) is 13.5. The van der Waals surface area contributed by atoms with Crippen LogP contribution in [0.25, 0.3) is 10.9 Å². The van der Waals surface area contributed by atoms with Crippen LogP contribution >= 0.6 is 15.9 Å². The zero-order valence-corrected chi connectivity index (χ0v) is 23.9. The highest BCUT2D eigenvalue weighted by atomic mass is 79.9. The Labute approximate surface area is 234 Å². The van der Waals surface area contributed by atoms with Crippen molar-refractivity contribution in [3.8, 4) is 5.75 Å². The number of rotatable bonds is 10. The Balaban J connectivity index is 1.04. The van der Waals surface area contributed by atoms with Crippen molar-refractivity contribution in [3.05, 3.63) is 94.5 Å². The summed E-state index contributed by atoms with van der Waals surface area (Å²) in [6.07, 6.45) is 4.84. The van der Waals surface area contributed by atoms with E-state index in [0.29, 0.717) is 12.6 Å². The summed E-state index contributed by atoms with van der Waals surface area (Å²) in [6, 6.07) is 27.7. The largest absolute Gasteiger partial charge is 0.489 e. The number of para-hydroxylation sites is 1. The molecule has 0 unspecified atom stereocenters. The van der Waals surface area contributed by atoms with E-state index in [-0.39, 0.29) is 0 Å². The number of halogens is 1. The zero-order valence-electron chi connectivity index (χ0n) is 22.3. The highest BCUT2D eigenvalue weighted by Gasteiger charge is 2.21. The first kappa shape index (κ1) is 26.5. The van der Waals surface area contributed by atoms with Gasteiger partial charge >= 0.3 is 0 Å². The third-order valence-electron chi connectivity index (χ3n) is 7.38. The minimum Gasteiger partial charge on any atom is -0.489 e. The summed E-state index contributed by atoms with van der Waals surface area (Å²) in [7, 11) is 4.19. The Morgan fingerprint density at radius 1 is 0.895 bits per heavy atom.